The van der Waals surface area contributed by atoms with Crippen LogP contribution in [-0.4, -0.2) is 18.5 Å². The van der Waals surface area contributed by atoms with Gasteiger partial charge in [-0.2, -0.15) is 0 Å². The molecule has 0 aliphatic heterocycles. The summed E-state index contributed by atoms with van der Waals surface area (Å²) >= 11 is 1.91. The summed E-state index contributed by atoms with van der Waals surface area (Å²) in [4.78, 5) is 5.37. The van der Waals surface area contributed by atoms with Crippen LogP contribution < -0.4 is 5.32 Å². The Balaban J connectivity index is 2.02. The molecule has 2 rings (SSSR count). The first-order valence-corrected chi connectivity index (χ1v) is 8.03. The van der Waals surface area contributed by atoms with Crippen LogP contribution in [0.25, 0.3) is 0 Å². The van der Waals surface area contributed by atoms with Crippen molar-refractivity contribution in [3.63, 3.8) is 0 Å². The molecule has 0 atom stereocenters. The van der Waals surface area contributed by atoms with Crippen LogP contribution in [0.4, 0.5) is 0 Å². The predicted molar refractivity (Wildman–Crippen MR) is 88.0 cm³/mol. The summed E-state index contributed by atoms with van der Waals surface area (Å²) in [5.74, 6) is 0. The van der Waals surface area contributed by atoms with E-state index in [0.29, 0.717) is 0 Å². The van der Waals surface area contributed by atoms with Gasteiger partial charge in [0.2, 0.25) is 0 Å². The normalized spacial score (nSPS) is 11.2. The van der Waals surface area contributed by atoms with Crippen LogP contribution in [0.1, 0.15) is 27.8 Å². The van der Waals surface area contributed by atoms with E-state index in [9.17, 15) is 0 Å². The molecule has 20 heavy (non-hydrogen) atoms. The fourth-order valence-corrected chi connectivity index (χ4v) is 3.43. The molecule has 1 aromatic heterocycles. The van der Waals surface area contributed by atoms with Crippen molar-refractivity contribution < 1.29 is 0 Å². The standard InChI is InChI=1S/C17H24N2S/c1-4-19(12-15-8-6-5-7-9-15)13-16-10-17(11-18-3)20-14(16)2/h5-10,18H,4,11-13H2,1-3H3. The third kappa shape index (κ3) is 4.17. The maximum absolute atomic E-state index is 3.23. The Morgan fingerprint density at radius 2 is 1.90 bits per heavy atom. The molecule has 0 amide bonds. The summed E-state index contributed by atoms with van der Waals surface area (Å²) in [7, 11) is 2.00. The molecule has 0 saturated carbocycles. The first kappa shape index (κ1) is 15.2. The number of hydrogen-bond donors (Lipinski definition) is 1. The minimum Gasteiger partial charge on any atom is -0.315 e. The lowest BCUT2D eigenvalue weighted by molar-refractivity contribution is 0.271. The SMILES string of the molecule is CCN(Cc1ccccc1)Cc1cc(CNC)sc1C. The highest BCUT2D eigenvalue weighted by Crippen LogP contribution is 2.23. The highest BCUT2D eigenvalue weighted by molar-refractivity contribution is 7.12. The number of thiophene rings is 1. The minimum absolute atomic E-state index is 0.969. The molecule has 2 nitrogen and oxygen atoms in total. The number of nitrogens with zero attached hydrogens (tertiary/aromatic N) is 1. The molecule has 0 fully saturated rings. The molecule has 3 heteroatoms. The molecular weight excluding hydrogens is 264 g/mol. The fraction of sp³-hybridized carbons (Fsp3) is 0.412. The van der Waals surface area contributed by atoms with E-state index < -0.39 is 0 Å². The number of benzene rings is 1. The van der Waals surface area contributed by atoms with Gasteiger partial charge in [0.15, 0.2) is 0 Å². The Labute approximate surface area is 126 Å². The molecule has 2 aromatic rings. The van der Waals surface area contributed by atoms with Gasteiger partial charge in [0.1, 0.15) is 0 Å². The van der Waals surface area contributed by atoms with Gasteiger partial charge in [-0.1, -0.05) is 37.3 Å². The first-order valence-electron chi connectivity index (χ1n) is 7.22. The van der Waals surface area contributed by atoms with E-state index >= 15 is 0 Å². The van der Waals surface area contributed by atoms with Crippen LogP contribution in [0.5, 0.6) is 0 Å². The largest absolute Gasteiger partial charge is 0.315 e. The van der Waals surface area contributed by atoms with Crippen molar-refractivity contribution >= 4 is 11.3 Å². The number of aryl methyl sites for hydroxylation is 1. The zero-order valence-corrected chi connectivity index (χ0v) is 13.5. The van der Waals surface area contributed by atoms with Crippen LogP contribution in [0.15, 0.2) is 36.4 Å². The second-order valence-electron chi connectivity index (χ2n) is 5.11. The summed E-state index contributed by atoms with van der Waals surface area (Å²) in [6, 6.07) is 13.1. The Hall–Kier alpha value is -1.16. The lowest BCUT2D eigenvalue weighted by Gasteiger charge is -2.20. The Morgan fingerprint density at radius 3 is 2.55 bits per heavy atom. The lowest BCUT2D eigenvalue weighted by atomic mass is 10.2. The minimum atomic E-state index is 0.969. The van der Waals surface area contributed by atoms with Crippen molar-refractivity contribution in [1.29, 1.82) is 0 Å². The average molecular weight is 288 g/mol. The third-order valence-corrected chi connectivity index (χ3v) is 4.61. The fourth-order valence-electron chi connectivity index (χ4n) is 2.37. The maximum Gasteiger partial charge on any atom is 0.0296 e. The molecule has 0 bridgehead atoms. The summed E-state index contributed by atoms with van der Waals surface area (Å²) in [6.45, 7) is 8.57. The molecule has 0 spiro atoms. The highest BCUT2D eigenvalue weighted by Gasteiger charge is 2.10. The van der Waals surface area contributed by atoms with Gasteiger partial charge in [0, 0.05) is 29.4 Å². The van der Waals surface area contributed by atoms with Crippen LogP contribution in [0, 0.1) is 6.92 Å². The van der Waals surface area contributed by atoms with E-state index in [-0.39, 0.29) is 0 Å². The molecule has 108 valence electrons. The van der Waals surface area contributed by atoms with Gasteiger partial charge in [-0.3, -0.25) is 4.90 Å². The molecular formula is C17H24N2S. The van der Waals surface area contributed by atoms with Gasteiger partial charge < -0.3 is 5.32 Å². The molecule has 0 aliphatic carbocycles. The van der Waals surface area contributed by atoms with Gasteiger partial charge >= 0.3 is 0 Å². The molecule has 0 radical (unpaired) electrons. The van der Waals surface area contributed by atoms with Gasteiger partial charge in [0.25, 0.3) is 0 Å². The van der Waals surface area contributed by atoms with E-state index in [1.54, 1.807) is 0 Å². The van der Waals surface area contributed by atoms with Crippen molar-refractivity contribution in [3.8, 4) is 0 Å². The van der Waals surface area contributed by atoms with Gasteiger partial charge in [-0.15, -0.1) is 11.3 Å². The van der Waals surface area contributed by atoms with Crippen molar-refractivity contribution in [3.05, 3.63) is 57.3 Å². The van der Waals surface area contributed by atoms with Crippen LogP contribution in [0.3, 0.4) is 0 Å². The summed E-state index contributed by atoms with van der Waals surface area (Å²) in [6.07, 6.45) is 0. The number of nitrogens with one attached hydrogen (secondary N) is 1. The second-order valence-corrected chi connectivity index (χ2v) is 6.45. The first-order chi connectivity index (χ1) is 9.72. The summed E-state index contributed by atoms with van der Waals surface area (Å²) < 4.78 is 0. The van der Waals surface area contributed by atoms with E-state index in [2.05, 4.69) is 60.5 Å². The maximum atomic E-state index is 3.23. The topological polar surface area (TPSA) is 15.3 Å². The van der Waals surface area contributed by atoms with Gasteiger partial charge in [0.05, 0.1) is 0 Å². The van der Waals surface area contributed by atoms with E-state index in [0.717, 1.165) is 26.2 Å². The third-order valence-electron chi connectivity index (χ3n) is 3.51. The van der Waals surface area contributed by atoms with E-state index in [1.807, 2.05) is 18.4 Å². The molecule has 0 unspecified atom stereocenters. The van der Waals surface area contributed by atoms with Crippen molar-refractivity contribution in [2.45, 2.75) is 33.5 Å². The smallest absolute Gasteiger partial charge is 0.0296 e. The van der Waals surface area contributed by atoms with Crippen molar-refractivity contribution in [2.24, 2.45) is 0 Å². The molecule has 0 saturated heterocycles. The number of hydrogen-bond acceptors (Lipinski definition) is 3. The lowest BCUT2D eigenvalue weighted by Crippen LogP contribution is -2.22. The molecule has 0 aliphatic rings. The second kappa shape index (κ2) is 7.58. The summed E-state index contributed by atoms with van der Waals surface area (Å²) in [5, 5.41) is 3.23. The van der Waals surface area contributed by atoms with E-state index in [4.69, 9.17) is 0 Å². The van der Waals surface area contributed by atoms with Gasteiger partial charge in [-0.05, 0) is 37.7 Å². The quantitative estimate of drug-likeness (QED) is 0.833. The molecule has 1 aromatic carbocycles. The zero-order valence-electron chi connectivity index (χ0n) is 12.6. The monoisotopic (exact) mass is 288 g/mol. The van der Waals surface area contributed by atoms with E-state index in [1.165, 1.54) is 20.9 Å². The van der Waals surface area contributed by atoms with Gasteiger partial charge in [-0.25, -0.2) is 0 Å². The number of rotatable bonds is 7. The molecule has 1 N–H and O–H groups in total. The van der Waals surface area contributed by atoms with Crippen molar-refractivity contribution in [2.75, 3.05) is 13.6 Å². The average Bonchev–Trinajstić information content (AvgIpc) is 2.79. The van der Waals surface area contributed by atoms with Crippen LogP contribution in [0.2, 0.25) is 0 Å². The van der Waals surface area contributed by atoms with Crippen LogP contribution >= 0.6 is 11.3 Å². The molecule has 1 heterocycles. The van der Waals surface area contributed by atoms with Crippen molar-refractivity contribution in [1.82, 2.24) is 10.2 Å². The Kier molecular flexibility index (Phi) is 5.77. The summed E-state index contributed by atoms with van der Waals surface area (Å²) in [5.41, 5.74) is 2.86. The van der Waals surface area contributed by atoms with Crippen LogP contribution in [-0.2, 0) is 19.6 Å². The highest BCUT2D eigenvalue weighted by atomic mass is 32.1. The Morgan fingerprint density at radius 1 is 1.15 bits per heavy atom. The zero-order chi connectivity index (χ0) is 14.4. The predicted octanol–water partition coefficient (Wildman–Crippen LogP) is 3.80. The Bertz CT molecular complexity index is 519.